The number of aromatic nitrogens is 3. The molecule has 5 nitrogen and oxygen atoms in total. The lowest BCUT2D eigenvalue weighted by Gasteiger charge is -1.99. The Bertz CT molecular complexity index is 930. The van der Waals surface area contributed by atoms with Gasteiger partial charge in [-0.2, -0.15) is 0 Å². The monoisotopic (exact) mass is 327 g/mol. The fourth-order valence-corrected chi connectivity index (χ4v) is 2.85. The number of benzene rings is 2. The molecule has 114 valence electrons. The first-order chi connectivity index (χ1) is 11.2. The average Bonchev–Trinajstić information content (AvgIpc) is 3.09. The minimum atomic E-state index is -0.315. The van der Waals surface area contributed by atoms with Crippen LogP contribution < -0.4 is 4.74 Å². The summed E-state index contributed by atoms with van der Waals surface area (Å²) in [6.07, 6.45) is 1.79. The standard InChI is InChI=1S/C16H10FN3O2S/c17-11-3-7-13(8-4-11)22-16-19-20-9-14(18-15(20)23-16)10-1-5-12(21)6-2-10/h1-9,21H. The van der Waals surface area contributed by atoms with Crippen molar-refractivity contribution in [3.8, 4) is 28.0 Å². The van der Waals surface area contributed by atoms with E-state index in [9.17, 15) is 9.50 Å². The van der Waals surface area contributed by atoms with Crippen LogP contribution in [-0.2, 0) is 0 Å². The van der Waals surface area contributed by atoms with Crippen molar-refractivity contribution in [2.75, 3.05) is 0 Å². The van der Waals surface area contributed by atoms with Crippen molar-refractivity contribution in [2.24, 2.45) is 0 Å². The molecule has 4 rings (SSSR count). The lowest BCUT2D eigenvalue weighted by Crippen LogP contribution is -1.86. The van der Waals surface area contributed by atoms with Crippen molar-refractivity contribution in [1.29, 1.82) is 0 Å². The summed E-state index contributed by atoms with van der Waals surface area (Å²) in [6, 6.07) is 12.5. The van der Waals surface area contributed by atoms with Gasteiger partial charge in [0.05, 0.1) is 11.9 Å². The Kier molecular flexibility index (Phi) is 3.20. The summed E-state index contributed by atoms with van der Waals surface area (Å²) in [6.45, 7) is 0. The molecule has 2 heterocycles. The number of imidazole rings is 1. The quantitative estimate of drug-likeness (QED) is 0.615. The summed E-state index contributed by atoms with van der Waals surface area (Å²) in [5.74, 6) is 0.412. The molecule has 0 aliphatic carbocycles. The third kappa shape index (κ3) is 2.74. The fourth-order valence-electron chi connectivity index (χ4n) is 2.10. The highest BCUT2D eigenvalue weighted by Crippen LogP contribution is 2.29. The van der Waals surface area contributed by atoms with Crippen molar-refractivity contribution in [2.45, 2.75) is 0 Å². The number of aromatic hydroxyl groups is 1. The Labute approximate surface area is 134 Å². The molecule has 23 heavy (non-hydrogen) atoms. The molecule has 0 spiro atoms. The van der Waals surface area contributed by atoms with Gasteiger partial charge in [-0.1, -0.05) is 0 Å². The first-order valence-corrected chi connectivity index (χ1v) is 7.58. The number of ether oxygens (including phenoxy) is 1. The van der Waals surface area contributed by atoms with Crippen molar-refractivity contribution < 1.29 is 14.2 Å². The highest BCUT2D eigenvalue weighted by molar-refractivity contribution is 7.18. The van der Waals surface area contributed by atoms with E-state index in [1.807, 2.05) is 0 Å². The van der Waals surface area contributed by atoms with E-state index in [2.05, 4.69) is 10.1 Å². The molecule has 0 amide bonds. The van der Waals surface area contributed by atoms with Gasteiger partial charge in [-0.05, 0) is 59.9 Å². The summed E-state index contributed by atoms with van der Waals surface area (Å²) in [7, 11) is 0. The molecular formula is C16H10FN3O2S. The molecule has 0 aliphatic rings. The number of nitrogens with zero attached hydrogens (tertiary/aromatic N) is 3. The van der Waals surface area contributed by atoms with E-state index in [0.29, 0.717) is 15.9 Å². The maximum absolute atomic E-state index is 12.9. The molecule has 4 aromatic rings. The summed E-state index contributed by atoms with van der Waals surface area (Å²) in [5.41, 5.74) is 1.65. The van der Waals surface area contributed by atoms with Gasteiger partial charge in [0.25, 0.3) is 5.19 Å². The normalized spacial score (nSPS) is 11.0. The minimum Gasteiger partial charge on any atom is -0.508 e. The maximum atomic E-state index is 12.9. The van der Waals surface area contributed by atoms with Crippen LogP contribution in [0.3, 0.4) is 0 Å². The van der Waals surface area contributed by atoms with Crippen molar-refractivity contribution in [3.05, 3.63) is 60.5 Å². The molecule has 0 bridgehead atoms. The summed E-state index contributed by atoms with van der Waals surface area (Å²) < 4.78 is 20.1. The Balaban J connectivity index is 1.61. The lowest BCUT2D eigenvalue weighted by molar-refractivity contribution is 0.468. The van der Waals surface area contributed by atoms with Crippen molar-refractivity contribution in [3.63, 3.8) is 0 Å². The Hall–Kier alpha value is -2.93. The number of halogens is 1. The molecular weight excluding hydrogens is 317 g/mol. The van der Waals surface area contributed by atoms with E-state index in [1.54, 1.807) is 47.1 Å². The van der Waals surface area contributed by atoms with Crippen LogP contribution in [0.5, 0.6) is 16.7 Å². The number of fused-ring (bicyclic) bond motifs is 1. The second-order valence-corrected chi connectivity index (χ2v) is 5.74. The molecule has 2 aromatic heterocycles. The zero-order valence-electron chi connectivity index (χ0n) is 11.7. The minimum absolute atomic E-state index is 0.211. The molecule has 7 heteroatoms. The second kappa shape index (κ2) is 5.36. The molecule has 0 unspecified atom stereocenters. The first-order valence-electron chi connectivity index (χ1n) is 6.76. The fraction of sp³-hybridized carbons (Fsp3) is 0. The maximum Gasteiger partial charge on any atom is 0.299 e. The Morgan fingerprint density at radius 2 is 1.78 bits per heavy atom. The molecule has 0 aliphatic heterocycles. The molecule has 0 radical (unpaired) electrons. The molecule has 0 atom stereocenters. The zero-order chi connectivity index (χ0) is 15.8. The van der Waals surface area contributed by atoms with Gasteiger partial charge >= 0.3 is 0 Å². The van der Waals surface area contributed by atoms with Crippen LogP contribution in [0.1, 0.15) is 0 Å². The van der Waals surface area contributed by atoms with E-state index < -0.39 is 0 Å². The van der Waals surface area contributed by atoms with Gasteiger partial charge in [0, 0.05) is 5.56 Å². The van der Waals surface area contributed by atoms with Crippen LogP contribution >= 0.6 is 11.3 Å². The zero-order valence-corrected chi connectivity index (χ0v) is 12.5. The van der Waals surface area contributed by atoms with Gasteiger partial charge in [-0.25, -0.2) is 13.9 Å². The van der Waals surface area contributed by atoms with E-state index in [0.717, 1.165) is 11.3 Å². The van der Waals surface area contributed by atoms with Gasteiger partial charge in [0.15, 0.2) is 0 Å². The van der Waals surface area contributed by atoms with E-state index in [-0.39, 0.29) is 11.6 Å². The molecule has 2 aromatic carbocycles. The van der Waals surface area contributed by atoms with Gasteiger partial charge in [-0.15, -0.1) is 5.10 Å². The van der Waals surface area contributed by atoms with Gasteiger partial charge in [-0.3, -0.25) is 0 Å². The van der Waals surface area contributed by atoms with Crippen LogP contribution in [0, 0.1) is 5.82 Å². The summed E-state index contributed by atoms with van der Waals surface area (Å²) >= 11 is 1.29. The highest BCUT2D eigenvalue weighted by Gasteiger charge is 2.11. The molecule has 0 fully saturated rings. The van der Waals surface area contributed by atoms with Crippen LogP contribution in [-0.4, -0.2) is 19.7 Å². The van der Waals surface area contributed by atoms with Gasteiger partial charge < -0.3 is 9.84 Å². The van der Waals surface area contributed by atoms with E-state index in [4.69, 9.17) is 4.74 Å². The number of hydrogen-bond acceptors (Lipinski definition) is 5. The molecule has 0 saturated carbocycles. The highest BCUT2D eigenvalue weighted by atomic mass is 32.1. The lowest BCUT2D eigenvalue weighted by atomic mass is 10.2. The smallest absolute Gasteiger partial charge is 0.299 e. The van der Waals surface area contributed by atoms with Crippen molar-refractivity contribution >= 4 is 16.3 Å². The largest absolute Gasteiger partial charge is 0.508 e. The van der Waals surface area contributed by atoms with Crippen LogP contribution in [0.15, 0.2) is 54.7 Å². The van der Waals surface area contributed by atoms with E-state index >= 15 is 0 Å². The van der Waals surface area contributed by atoms with Crippen LogP contribution in [0.4, 0.5) is 4.39 Å². The SMILES string of the molecule is Oc1ccc(-c2cn3nc(Oc4ccc(F)cc4)sc3n2)cc1. The second-order valence-electron chi connectivity index (χ2n) is 4.82. The Morgan fingerprint density at radius 3 is 2.48 bits per heavy atom. The number of phenols is 1. The van der Waals surface area contributed by atoms with Gasteiger partial charge in [0.2, 0.25) is 4.96 Å². The predicted octanol–water partition coefficient (Wildman–Crippen LogP) is 4.09. The molecule has 0 saturated heterocycles. The average molecular weight is 327 g/mol. The Morgan fingerprint density at radius 1 is 1.04 bits per heavy atom. The summed E-state index contributed by atoms with van der Waals surface area (Å²) in [5, 5.41) is 14.0. The number of rotatable bonds is 3. The third-order valence-electron chi connectivity index (χ3n) is 3.21. The summed E-state index contributed by atoms with van der Waals surface area (Å²) in [4.78, 5) is 5.17. The van der Waals surface area contributed by atoms with Crippen LogP contribution in [0.2, 0.25) is 0 Å². The molecule has 1 N–H and O–H groups in total. The van der Waals surface area contributed by atoms with Gasteiger partial charge in [0.1, 0.15) is 17.3 Å². The predicted molar refractivity (Wildman–Crippen MR) is 84.4 cm³/mol. The third-order valence-corrected chi connectivity index (χ3v) is 4.01. The first kappa shape index (κ1) is 13.7. The number of hydrogen-bond donors (Lipinski definition) is 1. The van der Waals surface area contributed by atoms with E-state index in [1.165, 1.54) is 23.5 Å². The topological polar surface area (TPSA) is 59.7 Å². The number of phenolic OH excluding ortho intramolecular Hbond substituents is 1. The van der Waals surface area contributed by atoms with Crippen LogP contribution in [0.25, 0.3) is 16.2 Å². The van der Waals surface area contributed by atoms with Crippen molar-refractivity contribution in [1.82, 2.24) is 14.6 Å².